The monoisotopic (exact) mass is 346 g/mol. The smallest absolute Gasteiger partial charge is 0.245 e. The van der Waals surface area contributed by atoms with Crippen LogP contribution in [0.4, 0.5) is 0 Å². The van der Waals surface area contributed by atoms with E-state index in [1.165, 1.54) is 44.9 Å². The molecule has 0 atom stereocenters. The van der Waals surface area contributed by atoms with Crippen molar-refractivity contribution in [3.63, 3.8) is 0 Å². The molecule has 0 aliphatic rings. The van der Waals surface area contributed by atoms with Gasteiger partial charge in [-0.2, -0.15) is 0 Å². The van der Waals surface area contributed by atoms with E-state index in [1.54, 1.807) is 0 Å². The van der Waals surface area contributed by atoms with Gasteiger partial charge in [-0.25, -0.2) is 0 Å². The lowest BCUT2D eigenvalue weighted by atomic mass is 10.1. The van der Waals surface area contributed by atoms with E-state index in [0.29, 0.717) is 6.61 Å². The molecule has 0 unspecified atom stereocenters. The van der Waals surface area contributed by atoms with Crippen molar-refractivity contribution in [3.05, 3.63) is 0 Å². The standard InChI is InChI=1S/C19H38N2O3.2H2/c1-4-24-16-18(22)20-14-12-10-8-6-5-7-9-11-13-15-21-19(23)17(2)3;;/h17H,4-16H2,1-3H3,(H,20,22)(H,21,23);2*1H. The summed E-state index contributed by atoms with van der Waals surface area (Å²) < 4.78 is 5.04. The van der Waals surface area contributed by atoms with Gasteiger partial charge in [0.2, 0.25) is 11.8 Å². The van der Waals surface area contributed by atoms with Gasteiger partial charge in [0.1, 0.15) is 6.61 Å². The van der Waals surface area contributed by atoms with Gasteiger partial charge in [-0.05, 0) is 19.8 Å². The van der Waals surface area contributed by atoms with Crippen molar-refractivity contribution >= 4 is 11.8 Å². The Bertz CT molecular complexity index is 330. The van der Waals surface area contributed by atoms with Gasteiger partial charge in [-0.3, -0.25) is 9.59 Å². The van der Waals surface area contributed by atoms with E-state index in [2.05, 4.69) is 10.6 Å². The molecule has 0 aliphatic heterocycles. The Morgan fingerprint density at radius 2 is 1.29 bits per heavy atom. The molecule has 0 bridgehead atoms. The van der Waals surface area contributed by atoms with Crippen LogP contribution in [-0.2, 0) is 14.3 Å². The number of ether oxygens (including phenoxy) is 1. The minimum absolute atomic E-state index is 0. The van der Waals surface area contributed by atoms with Crippen molar-refractivity contribution in [1.29, 1.82) is 0 Å². The zero-order chi connectivity index (χ0) is 18.0. The molecule has 0 heterocycles. The number of amides is 2. The number of nitrogens with one attached hydrogen (secondary N) is 2. The van der Waals surface area contributed by atoms with Crippen LogP contribution in [0.1, 0.15) is 81.4 Å². The van der Waals surface area contributed by atoms with E-state index < -0.39 is 0 Å². The number of hydrogen-bond acceptors (Lipinski definition) is 3. The van der Waals surface area contributed by atoms with Gasteiger partial charge < -0.3 is 15.4 Å². The van der Waals surface area contributed by atoms with Gasteiger partial charge >= 0.3 is 0 Å². The lowest BCUT2D eigenvalue weighted by Gasteiger charge is -2.07. The molecule has 5 heteroatoms. The molecule has 0 saturated heterocycles. The first kappa shape index (κ1) is 22.9. The second-order valence-corrected chi connectivity index (χ2v) is 6.61. The highest BCUT2D eigenvalue weighted by Crippen LogP contribution is 2.09. The van der Waals surface area contributed by atoms with Crippen LogP contribution in [0.15, 0.2) is 0 Å². The number of rotatable bonds is 16. The fourth-order valence-corrected chi connectivity index (χ4v) is 2.38. The third-order valence-corrected chi connectivity index (χ3v) is 3.94. The number of unbranched alkanes of at least 4 members (excludes halogenated alkanes) is 8. The predicted molar refractivity (Wildman–Crippen MR) is 103 cm³/mol. The Morgan fingerprint density at radius 3 is 1.75 bits per heavy atom. The van der Waals surface area contributed by atoms with E-state index in [4.69, 9.17) is 4.74 Å². The minimum Gasteiger partial charge on any atom is -0.372 e. The van der Waals surface area contributed by atoms with Crippen LogP contribution in [0.5, 0.6) is 0 Å². The van der Waals surface area contributed by atoms with Gasteiger partial charge in [0.05, 0.1) is 0 Å². The highest BCUT2D eigenvalue weighted by molar-refractivity contribution is 5.77. The van der Waals surface area contributed by atoms with Crippen molar-refractivity contribution in [2.75, 3.05) is 26.3 Å². The maximum atomic E-state index is 11.4. The number of hydrogen-bond donors (Lipinski definition) is 2. The molecule has 0 fully saturated rings. The lowest BCUT2D eigenvalue weighted by Crippen LogP contribution is -2.28. The maximum absolute atomic E-state index is 11.4. The van der Waals surface area contributed by atoms with E-state index in [0.717, 1.165) is 25.9 Å². The van der Waals surface area contributed by atoms with Gasteiger partial charge in [0.15, 0.2) is 0 Å². The third kappa shape index (κ3) is 15.8. The van der Waals surface area contributed by atoms with Gasteiger partial charge in [-0.1, -0.05) is 58.8 Å². The first-order valence-corrected chi connectivity index (χ1v) is 9.70. The highest BCUT2D eigenvalue weighted by atomic mass is 16.5. The predicted octanol–water partition coefficient (Wildman–Crippen LogP) is 3.91. The van der Waals surface area contributed by atoms with Crippen LogP contribution in [0.3, 0.4) is 0 Å². The zero-order valence-electron chi connectivity index (χ0n) is 16.0. The Labute approximate surface area is 151 Å². The summed E-state index contributed by atoms with van der Waals surface area (Å²) >= 11 is 0. The topological polar surface area (TPSA) is 67.4 Å². The second-order valence-electron chi connectivity index (χ2n) is 6.61. The molecular weight excluding hydrogens is 304 g/mol. The Kier molecular flexibility index (Phi) is 16.0. The van der Waals surface area contributed by atoms with Crippen LogP contribution in [-0.4, -0.2) is 38.1 Å². The van der Waals surface area contributed by atoms with Crippen LogP contribution in [0.25, 0.3) is 0 Å². The van der Waals surface area contributed by atoms with E-state index in [9.17, 15) is 9.59 Å². The molecule has 0 aromatic rings. The first-order valence-electron chi connectivity index (χ1n) is 9.70. The van der Waals surface area contributed by atoms with Gasteiger partial charge in [-0.15, -0.1) is 0 Å². The molecule has 24 heavy (non-hydrogen) atoms. The molecule has 0 radical (unpaired) electrons. The molecule has 0 aromatic heterocycles. The summed E-state index contributed by atoms with van der Waals surface area (Å²) in [6.07, 6.45) is 10.8. The largest absolute Gasteiger partial charge is 0.372 e. The lowest BCUT2D eigenvalue weighted by molar-refractivity contribution is -0.125. The molecule has 0 aromatic carbocycles. The fraction of sp³-hybridized carbons (Fsp3) is 0.895. The molecule has 146 valence electrons. The van der Waals surface area contributed by atoms with E-state index in [-0.39, 0.29) is 27.2 Å². The third-order valence-electron chi connectivity index (χ3n) is 3.94. The van der Waals surface area contributed by atoms with E-state index in [1.807, 2.05) is 20.8 Å². The normalized spacial score (nSPS) is 10.8. The second kappa shape index (κ2) is 16.7. The quantitative estimate of drug-likeness (QED) is 0.416. The van der Waals surface area contributed by atoms with Gasteiger partial charge in [0.25, 0.3) is 0 Å². The minimum atomic E-state index is -0.0126. The van der Waals surface area contributed by atoms with Crippen molar-refractivity contribution < 1.29 is 17.2 Å². The molecule has 2 amide bonds. The SMILES string of the molecule is CCOCC(=O)NCCCCCCCCCCCNC(=O)C(C)C.[HH].[HH]. The zero-order valence-corrected chi connectivity index (χ0v) is 16.0. The Hall–Kier alpha value is -1.10. The van der Waals surface area contributed by atoms with Gasteiger partial charge in [0, 0.05) is 28.5 Å². The van der Waals surface area contributed by atoms with Crippen LogP contribution >= 0.6 is 0 Å². The fourth-order valence-electron chi connectivity index (χ4n) is 2.38. The molecule has 0 spiro atoms. The molecule has 5 nitrogen and oxygen atoms in total. The number of carbonyl (C=O) groups excluding carboxylic acids is 2. The van der Waals surface area contributed by atoms with Crippen molar-refractivity contribution in [2.24, 2.45) is 5.92 Å². The maximum Gasteiger partial charge on any atom is 0.245 e. The molecule has 0 saturated carbocycles. The summed E-state index contributed by atoms with van der Waals surface area (Å²) in [5.74, 6) is 0.230. The molecular formula is C19H42N2O3. The van der Waals surface area contributed by atoms with Crippen LogP contribution in [0, 0.1) is 5.92 Å². The van der Waals surface area contributed by atoms with Crippen molar-refractivity contribution in [3.8, 4) is 0 Å². The summed E-state index contributed by atoms with van der Waals surface area (Å²) in [5, 5.41) is 5.82. The summed E-state index contributed by atoms with van der Waals surface area (Å²) in [6.45, 7) is 8.06. The average Bonchev–Trinajstić information content (AvgIpc) is 2.56. The number of carbonyl (C=O) groups is 2. The highest BCUT2D eigenvalue weighted by Gasteiger charge is 2.04. The summed E-state index contributed by atoms with van der Waals surface area (Å²) in [6, 6.07) is 0. The molecule has 2 N–H and O–H groups in total. The molecule has 0 aliphatic carbocycles. The Morgan fingerprint density at radius 1 is 0.833 bits per heavy atom. The van der Waals surface area contributed by atoms with Crippen LogP contribution < -0.4 is 10.6 Å². The Balaban J connectivity index is -0.00000264. The van der Waals surface area contributed by atoms with Crippen molar-refractivity contribution in [1.82, 2.24) is 10.6 Å². The van der Waals surface area contributed by atoms with Crippen LogP contribution in [0.2, 0.25) is 0 Å². The summed E-state index contributed by atoms with van der Waals surface area (Å²) in [7, 11) is 0. The summed E-state index contributed by atoms with van der Waals surface area (Å²) in [4.78, 5) is 22.7. The molecule has 0 rings (SSSR count). The van der Waals surface area contributed by atoms with E-state index >= 15 is 0 Å². The first-order chi connectivity index (χ1) is 11.6. The summed E-state index contributed by atoms with van der Waals surface area (Å²) in [5.41, 5.74) is 0. The van der Waals surface area contributed by atoms with Crippen molar-refractivity contribution in [2.45, 2.75) is 78.6 Å². The average molecular weight is 347 g/mol.